The van der Waals surface area contributed by atoms with E-state index in [1.54, 1.807) is 4.88 Å². The van der Waals surface area contributed by atoms with Crippen molar-refractivity contribution in [2.45, 2.75) is 38.1 Å². The molecule has 14 heavy (non-hydrogen) atoms. The number of rotatable bonds is 4. The van der Waals surface area contributed by atoms with Gasteiger partial charge in [0.05, 0.1) is 0 Å². The Labute approximate surface area is 90.5 Å². The SMILES string of the molecule is CNC1CCCC1CCc1cccs1. The molecule has 2 atom stereocenters. The van der Waals surface area contributed by atoms with Gasteiger partial charge in [-0.1, -0.05) is 12.5 Å². The number of hydrogen-bond acceptors (Lipinski definition) is 2. The number of aryl methyl sites for hydroxylation is 1. The molecule has 0 saturated heterocycles. The highest BCUT2D eigenvalue weighted by molar-refractivity contribution is 7.09. The topological polar surface area (TPSA) is 12.0 Å². The highest BCUT2D eigenvalue weighted by Crippen LogP contribution is 2.29. The summed E-state index contributed by atoms with van der Waals surface area (Å²) in [6, 6.07) is 5.20. The van der Waals surface area contributed by atoms with Crippen molar-refractivity contribution < 1.29 is 0 Å². The Morgan fingerprint density at radius 1 is 1.50 bits per heavy atom. The zero-order valence-electron chi connectivity index (χ0n) is 8.83. The summed E-state index contributed by atoms with van der Waals surface area (Å²) in [4.78, 5) is 1.55. The molecule has 1 aliphatic carbocycles. The zero-order chi connectivity index (χ0) is 9.80. The summed E-state index contributed by atoms with van der Waals surface area (Å²) in [6.07, 6.45) is 6.87. The van der Waals surface area contributed by atoms with Crippen molar-refractivity contribution in [3.8, 4) is 0 Å². The molecule has 1 aromatic rings. The molecule has 2 rings (SSSR count). The van der Waals surface area contributed by atoms with E-state index >= 15 is 0 Å². The minimum Gasteiger partial charge on any atom is -0.317 e. The molecule has 1 aliphatic rings. The first kappa shape index (κ1) is 10.2. The van der Waals surface area contributed by atoms with Crippen LogP contribution in [0, 0.1) is 5.92 Å². The molecule has 78 valence electrons. The van der Waals surface area contributed by atoms with Crippen LogP contribution in [0.4, 0.5) is 0 Å². The fourth-order valence-electron chi connectivity index (χ4n) is 2.54. The highest BCUT2D eigenvalue weighted by atomic mass is 32.1. The Kier molecular flexibility index (Phi) is 3.60. The van der Waals surface area contributed by atoms with E-state index < -0.39 is 0 Å². The molecular formula is C12H19NS. The monoisotopic (exact) mass is 209 g/mol. The van der Waals surface area contributed by atoms with E-state index in [2.05, 4.69) is 29.9 Å². The second kappa shape index (κ2) is 4.94. The van der Waals surface area contributed by atoms with Crippen LogP contribution < -0.4 is 5.32 Å². The molecule has 1 nitrogen and oxygen atoms in total. The molecule has 0 amide bonds. The minimum atomic E-state index is 0.787. The maximum atomic E-state index is 3.45. The van der Waals surface area contributed by atoms with Crippen LogP contribution in [-0.2, 0) is 6.42 Å². The Morgan fingerprint density at radius 2 is 2.43 bits per heavy atom. The second-order valence-electron chi connectivity index (χ2n) is 4.20. The van der Waals surface area contributed by atoms with E-state index in [0.29, 0.717) is 0 Å². The Balaban J connectivity index is 1.80. The first-order valence-electron chi connectivity index (χ1n) is 5.60. The van der Waals surface area contributed by atoms with Crippen molar-refractivity contribution in [1.82, 2.24) is 5.32 Å². The van der Waals surface area contributed by atoms with Gasteiger partial charge in [0.25, 0.3) is 0 Å². The quantitative estimate of drug-likeness (QED) is 0.803. The minimum absolute atomic E-state index is 0.787. The van der Waals surface area contributed by atoms with Gasteiger partial charge in [0.1, 0.15) is 0 Å². The Bertz CT molecular complexity index is 255. The standard InChI is InChI=1S/C12H19NS/c1-13-12-6-2-4-10(12)7-8-11-5-3-9-14-11/h3,5,9-10,12-13H,2,4,6-8H2,1H3. The third kappa shape index (κ3) is 2.37. The second-order valence-corrected chi connectivity index (χ2v) is 5.24. The van der Waals surface area contributed by atoms with Gasteiger partial charge in [0, 0.05) is 10.9 Å². The first-order chi connectivity index (χ1) is 6.90. The molecule has 0 radical (unpaired) electrons. The van der Waals surface area contributed by atoms with Gasteiger partial charge >= 0.3 is 0 Å². The van der Waals surface area contributed by atoms with Crippen LogP contribution in [0.1, 0.15) is 30.6 Å². The van der Waals surface area contributed by atoms with Gasteiger partial charge in [-0.25, -0.2) is 0 Å². The van der Waals surface area contributed by atoms with Crippen LogP contribution in [0.15, 0.2) is 17.5 Å². The third-order valence-electron chi connectivity index (χ3n) is 3.37. The summed E-state index contributed by atoms with van der Waals surface area (Å²) < 4.78 is 0. The molecule has 0 bridgehead atoms. The third-order valence-corrected chi connectivity index (χ3v) is 4.31. The van der Waals surface area contributed by atoms with E-state index in [4.69, 9.17) is 0 Å². The van der Waals surface area contributed by atoms with Crippen LogP contribution >= 0.6 is 11.3 Å². The lowest BCUT2D eigenvalue weighted by atomic mass is 9.97. The van der Waals surface area contributed by atoms with Crippen LogP contribution in [-0.4, -0.2) is 13.1 Å². The molecule has 0 aliphatic heterocycles. The van der Waals surface area contributed by atoms with E-state index in [0.717, 1.165) is 12.0 Å². The van der Waals surface area contributed by atoms with Crippen LogP contribution in [0.25, 0.3) is 0 Å². The molecule has 1 fully saturated rings. The average molecular weight is 209 g/mol. The van der Waals surface area contributed by atoms with Crippen molar-refractivity contribution in [3.05, 3.63) is 22.4 Å². The zero-order valence-corrected chi connectivity index (χ0v) is 9.65. The van der Waals surface area contributed by atoms with Crippen molar-refractivity contribution >= 4 is 11.3 Å². The van der Waals surface area contributed by atoms with E-state index in [1.165, 1.54) is 32.1 Å². The van der Waals surface area contributed by atoms with Crippen LogP contribution in [0.5, 0.6) is 0 Å². The molecule has 1 saturated carbocycles. The Hall–Kier alpha value is -0.340. The first-order valence-corrected chi connectivity index (χ1v) is 6.48. The lowest BCUT2D eigenvalue weighted by Gasteiger charge is -2.18. The van der Waals surface area contributed by atoms with Crippen LogP contribution in [0.2, 0.25) is 0 Å². The van der Waals surface area contributed by atoms with Gasteiger partial charge < -0.3 is 5.32 Å². The lowest BCUT2D eigenvalue weighted by Crippen LogP contribution is -2.29. The summed E-state index contributed by atoms with van der Waals surface area (Å²) >= 11 is 1.89. The molecular weight excluding hydrogens is 190 g/mol. The summed E-state index contributed by atoms with van der Waals surface area (Å²) in [6.45, 7) is 0. The average Bonchev–Trinajstić information content (AvgIpc) is 2.85. The fraction of sp³-hybridized carbons (Fsp3) is 0.667. The van der Waals surface area contributed by atoms with Gasteiger partial charge in [-0.3, -0.25) is 0 Å². The van der Waals surface area contributed by atoms with Gasteiger partial charge in [-0.05, 0) is 50.1 Å². The summed E-state index contributed by atoms with van der Waals surface area (Å²) in [5, 5.41) is 5.63. The molecule has 0 spiro atoms. The van der Waals surface area contributed by atoms with Gasteiger partial charge in [0.15, 0.2) is 0 Å². The van der Waals surface area contributed by atoms with E-state index in [1.807, 2.05) is 11.3 Å². The summed E-state index contributed by atoms with van der Waals surface area (Å²) in [5.41, 5.74) is 0. The number of thiophene rings is 1. The molecule has 1 aromatic heterocycles. The molecule has 2 unspecified atom stereocenters. The summed E-state index contributed by atoms with van der Waals surface area (Å²) in [7, 11) is 2.11. The summed E-state index contributed by atoms with van der Waals surface area (Å²) in [5.74, 6) is 0.919. The molecule has 0 aromatic carbocycles. The highest BCUT2D eigenvalue weighted by Gasteiger charge is 2.25. The number of nitrogens with one attached hydrogen (secondary N) is 1. The van der Waals surface area contributed by atoms with Gasteiger partial charge in [-0.15, -0.1) is 11.3 Å². The molecule has 1 N–H and O–H groups in total. The lowest BCUT2D eigenvalue weighted by molar-refractivity contribution is 0.401. The Morgan fingerprint density at radius 3 is 3.14 bits per heavy atom. The number of hydrogen-bond donors (Lipinski definition) is 1. The van der Waals surface area contributed by atoms with Gasteiger partial charge in [-0.2, -0.15) is 0 Å². The van der Waals surface area contributed by atoms with Gasteiger partial charge in [0.2, 0.25) is 0 Å². The maximum Gasteiger partial charge on any atom is 0.00924 e. The van der Waals surface area contributed by atoms with Crippen molar-refractivity contribution in [2.24, 2.45) is 5.92 Å². The van der Waals surface area contributed by atoms with E-state index in [9.17, 15) is 0 Å². The van der Waals surface area contributed by atoms with Crippen LogP contribution in [0.3, 0.4) is 0 Å². The van der Waals surface area contributed by atoms with Crippen molar-refractivity contribution in [2.75, 3.05) is 7.05 Å². The predicted octanol–water partition coefficient (Wildman–Crippen LogP) is 3.07. The fourth-order valence-corrected chi connectivity index (χ4v) is 3.27. The molecule has 1 heterocycles. The normalized spacial score (nSPS) is 26.9. The molecule has 2 heteroatoms. The smallest absolute Gasteiger partial charge is 0.00924 e. The predicted molar refractivity (Wildman–Crippen MR) is 62.8 cm³/mol. The maximum absolute atomic E-state index is 3.45. The van der Waals surface area contributed by atoms with E-state index in [-0.39, 0.29) is 0 Å². The van der Waals surface area contributed by atoms with Crippen molar-refractivity contribution in [1.29, 1.82) is 0 Å². The van der Waals surface area contributed by atoms with Crippen molar-refractivity contribution in [3.63, 3.8) is 0 Å². The largest absolute Gasteiger partial charge is 0.317 e.